The molecule has 0 aliphatic rings. The Kier molecular flexibility index (Phi) is 6.23. The Morgan fingerprint density at radius 2 is 1.93 bits per heavy atom. The van der Waals surface area contributed by atoms with E-state index >= 15 is 0 Å². The van der Waals surface area contributed by atoms with Crippen LogP contribution in [0.3, 0.4) is 0 Å². The maximum Gasteiger partial charge on any atom is 0.421 e. The maximum absolute atomic E-state index is 12.5. The first-order valence-electron chi connectivity index (χ1n) is 8.99. The van der Waals surface area contributed by atoms with E-state index in [0.717, 1.165) is 18.4 Å². The smallest absolute Gasteiger partial charge is 0.421 e. The van der Waals surface area contributed by atoms with E-state index in [-0.39, 0.29) is 17.3 Å². The molecule has 0 bridgehead atoms. The SMILES string of the molecule is CCN(C(=O)O)S(=O)(=O)c1cccc(-c2noc(CCCc3ccncc3)n2)c1. The highest BCUT2D eigenvalue weighted by Gasteiger charge is 2.28. The van der Waals surface area contributed by atoms with Gasteiger partial charge in [0.2, 0.25) is 11.7 Å². The molecular weight excluding hydrogens is 396 g/mol. The van der Waals surface area contributed by atoms with Crippen molar-refractivity contribution in [1.29, 1.82) is 0 Å². The zero-order valence-corrected chi connectivity index (χ0v) is 16.5. The fraction of sp³-hybridized carbons (Fsp3) is 0.263. The van der Waals surface area contributed by atoms with Gasteiger partial charge in [-0.1, -0.05) is 17.3 Å². The van der Waals surface area contributed by atoms with Gasteiger partial charge in [0.15, 0.2) is 0 Å². The van der Waals surface area contributed by atoms with Gasteiger partial charge in [0.25, 0.3) is 10.0 Å². The van der Waals surface area contributed by atoms with Gasteiger partial charge in [-0.05, 0) is 49.6 Å². The highest BCUT2D eigenvalue weighted by molar-refractivity contribution is 7.89. The van der Waals surface area contributed by atoms with Crippen LogP contribution in [0.4, 0.5) is 4.79 Å². The second-order valence-corrected chi connectivity index (χ2v) is 8.06. The van der Waals surface area contributed by atoms with Gasteiger partial charge in [-0.3, -0.25) is 4.98 Å². The van der Waals surface area contributed by atoms with E-state index in [1.54, 1.807) is 18.5 Å². The van der Waals surface area contributed by atoms with E-state index < -0.39 is 16.1 Å². The number of rotatable bonds is 8. The summed E-state index contributed by atoms with van der Waals surface area (Å²) in [6.45, 7) is 1.26. The first-order chi connectivity index (χ1) is 13.9. The molecule has 1 N–H and O–H groups in total. The summed E-state index contributed by atoms with van der Waals surface area (Å²) in [4.78, 5) is 19.4. The number of aromatic nitrogens is 3. The third kappa shape index (κ3) is 4.77. The Bertz CT molecular complexity index is 1080. The quantitative estimate of drug-likeness (QED) is 0.594. The molecule has 0 unspecified atom stereocenters. The first-order valence-corrected chi connectivity index (χ1v) is 10.4. The standard InChI is InChI=1S/C19H20N4O5S/c1-2-23(19(24)25)29(26,27)16-7-4-6-15(13-16)18-21-17(28-22-18)8-3-5-14-9-11-20-12-10-14/h4,6-7,9-13H,2-3,5,8H2,1H3,(H,24,25). The van der Waals surface area contributed by atoms with Crippen LogP contribution in [0.25, 0.3) is 11.4 Å². The van der Waals surface area contributed by atoms with Crippen LogP contribution in [0, 0.1) is 0 Å². The number of pyridine rings is 1. The summed E-state index contributed by atoms with van der Waals surface area (Å²) in [5.74, 6) is 0.697. The van der Waals surface area contributed by atoms with E-state index in [1.165, 1.54) is 25.1 Å². The van der Waals surface area contributed by atoms with Crippen LogP contribution >= 0.6 is 0 Å². The minimum absolute atomic E-state index is 0.150. The lowest BCUT2D eigenvalue weighted by Gasteiger charge is -2.17. The monoisotopic (exact) mass is 416 g/mol. The van der Waals surface area contributed by atoms with Crippen molar-refractivity contribution in [3.05, 3.63) is 60.2 Å². The molecule has 10 heteroatoms. The van der Waals surface area contributed by atoms with Crippen molar-refractivity contribution in [3.8, 4) is 11.4 Å². The van der Waals surface area contributed by atoms with Crippen LogP contribution in [0.5, 0.6) is 0 Å². The zero-order chi connectivity index (χ0) is 20.9. The van der Waals surface area contributed by atoms with Crippen molar-refractivity contribution in [2.75, 3.05) is 6.54 Å². The summed E-state index contributed by atoms with van der Waals surface area (Å²) >= 11 is 0. The third-order valence-corrected chi connectivity index (χ3v) is 6.10. The molecule has 0 aliphatic carbocycles. The number of hydrogen-bond donors (Lipinski definition) is 1. The van der Waals surface area contributed by atoms with Gasteiger partial charge >= 0.3 is 6.09 Å². The summed E-state index contributed by atoms with van der Waals surface area (Å²) in [6, 6.07) is 9.72. The number of sulfonamides is 1. The lowest BCUT2D eigenvalue weighted by atomic mass is 10.1. The Hall–Kier alpha value is -3.27. The van der Waals surface area contributed by atoms with Crippen LogP contribution in [-0.4, -0.2) is 45.6 Å². The Morgan fingerprint density at radius 3 is 2.62 bits per heavy atom. The molecule has 0 atom stereocenters. The van der Waals surface area contributed by atoms with Crippen LogP contribution in [0.1, 0.15) is 24.8 Å². The molecule has 1 amide bonds. The average molecular weight is 416 g/mol. The molecule has 3 rings (SSSR count). The lowest BCUT2D eigenvalue weighted by molar-refractivity contribution is 0.173. The molecular formula is C19H20N4O5S. The van der Waals surface area contributed by atoms with Crippen molar-refractivity contribution in [3.63, 3.8) is 0 Å². The topological polar surface area (TPSA) is 126 Å². The molecule has 9 nitrogen and oxygen atoms in total. The third-order valence-electron chi connectivity index (χ3n) is 4.25. The highest BCUT2D eigenvalue weighted by Crippen LogP contribution is 2.23. The Balaban J connectivity index is 1.73. The molecule has 1 aromatic carbocycles. The van der Waals surface area contributed by atoms with Gasteiger partial charge in [0.1, 0.15) is 0 Å². The summed E-state index contributed by atoms with van der Waals surface area (Å²) in [6.07, 6.45) is 4.18. The lowest BCUT2D eigenvalue weighted by Crippen LogP contribution is -2.35. The predicted molar refractivity (Wildman–Crippen MR) is 104 cm³/mol. The van der Waals surface area contributed by atoms with Crippen molar-refractivity contribution in [2.45, 2.75) is 31.1 Å². The predicted octanol–water partition coefficient (Wildman–Crippen LogP) is 3.00. The maximum atomic E-state index is 12.5. The van der Waals surface area contributed by atoms with Gasteiger partial charge in [-0.25, -0.2) is 17.5 Å². The molecule has 0 fully saturated rings. The number of carbonyl (C=O) groups is 1. The minimum atomic E-state index is -4.18. The van der Waals surface area contributed by atoms with Crippen LogP contribution < -0.4 is 0 Å². The fourth-order valence-electron chi connectivity index (χ4n) is 2.80. The molecule has 0 aliphatic heterocycles. The van der Waals surface area contributed by atoms with Gasteiger partial charge in [-0.15, -0.1) is 0 Å². The van der Waals surface area contributed by atoms with Crippen molar-refractivity contribution >= 4 is 16.1 Å². The summed E-state index contributed by atoms with van der Waals surface area (Å²) in [5, 5.41) is 13.0. The highest BCUT2D eigenvalue weighted by atomic mass is 32.2. The summed E-state index contributed by atoms with van der Waals surface area (Å²) < 4.78 is 30.7. The minimum Gasteiger partial charge on any atom is -0.464 e. The molecule has 0 radical (unpaired) electrons. The molecule has 0 saturated carbocycles. The molecule has 152 valence electrons. The number of benzene rings is 1. The van der Waals surface area contributed by atoms with Gasteiger partial charge in [0, 0.05) is 30.9 Å². The zero-order valence-electron chi connectivity index (χ0n) is 15.7. The molecule has 2 heterocycles. The van der Waals surface area contributed by atoms with E-state index in [1.807, 2.05) is 12.1 Å². The normalized spacial score (nSPS) is 11.3. The largest absolute Gasteiger partial charge is 0.464 e. The van der Waals surface area contributed by atoms with Crippen LogP contribution in [0.15, 0.2) is 58.2 Å². The van der Waals surface area contributed by atoms with E-state index in [2.05, 4.69) is 15.1 Å². The van der Waals surface area contributed by atoms with Crippen molar-refractivity contribution in [2.24, 2.45) is 0 Å². The number of nitrogens with zero attached hydrogens (tertiary/aromatic N) is 4. The molecule has 2 aromatic heterocycles. The second kappa shape index (κ2) is 8.82. The van der Waals surface area contributed by atoms with Crippen molar-refractivity contribution < 1.29 is 22.8 Å². The first kappa shape index (κ1) is 20.5. The Morgan fingerprint density at radius 1 is 1.17 bits per heavy atom. The van der Waals surface area contributed by atoms with Gasteiger partial charge in [-0.2, -0.15) is 4.98 Å². The molecule has 29 heavy (non-hydrogen) atoms. The fourth-order valence-corrected chi connectivity index (χ4v) is 4.12. The van der Waals surface area contributed by atoms with Gasteiger partial charge < -0.3 is 9.63 Å². The number of aryl methyl sites for hydroxylation is 2. The molecule has 3 aromatic rings. The average Bonchev–Trinajstić information content (AvgIpc) is 3.18. The van der Waals surface area contributed by atoms with Crippen LogP contribution in [-0.2, 0) is 22.9 Å². The molecule has 0 spiro atoms. The van der Waals surface area contributed by atoms with Crippen molar-refractivity contribution in [1.82, 2.24) is 19.4 Å². The number of carboxylic acid groups (broad SMARTS) is 1. The van der Waals surface area contributed by atoms with E-state index in [0.29, 0.717) is 22.2 Å². The van der Waals surface area contributed by atoms with Gasteiger partial charge in [0.05, 0.1) is 4.90 Å². The summed E-state index contributed by atoms with van der Waals surface area (Å²) in [5.41, 5.74) is 1.59. The molecule has 0 saturated heterocycles. The van der Waals surface area contributed by atoms with E-state index in [9.17, 15) is 13.2 Å². The number of hydrogen-bond acceptors (Lipinski definition) is 7. The number of amides is 1. The van der Waals surface area contributed by atoms with E-state index in [4.69, 9.17) is 9.63 Å². The Labute approximate surface area is 168 Å². The second-order valence-electron chi connectivity index (χ2n) is 6.20. The van der Waals surface area contributed by atoms with Crippen LogP contribution in [0.2, 0.25) is 0 Å². The summed E-state index contributed by atoms with van der Waals surface area (Å²) in [7, 11) is -4.18.